The molecule has 4 aromatic rings. The average molecular weight is 840 g/mol. The Morgan fingerprint density at radius 2 is 1.67 bits per heavy atom. The van der Waals surface area contributed by atoms with Crippen LogP contribution in [0.1, 0.15) is 106 Å². The molecule has 324 valence electrons. The molecule has 2 fully saturated rings. The summed E-state index contributed by atoms with van der Waals surface area (Å²) in [4.78, 5) is 94.9. The first-order valence-electron chi connectivity index (χ1n) is 20.7. The largest absolute Gasteiger partial charge is 0.445 e. The standard InChI is InChI=1S/C42H53N11O8/c1-42(2,60)33-23-48-51-53(33)28-22-32(39(57)49-30(35(54)36(43)55)15-9-10-17-47-41(59)61-25-27-13-7-4-8-14-27)52(24-28)40(58)31(21-26-11-5-3-6-12-26)50-38(56)29-16-18-45-37-34(29)44-19-20-46-37/h4,7-8,13-14,16,18-20,23,26,28,30-32,60H,3,5-6,9-12,15,17,21-22,24-25H2,1-2H3,(H2,43,55)(H,47,59)(H,49,57)(H,50,56)/t28-,30?,31+,32-/m0/s1. The SMILES string of the molecule is CC(C)(O)c1cnnn1[C@H]1C[C@@H](C(=O)NC(CCCCNC(=O)OCc2ccccc2)C(=O)C(N)=O)N(C(=O)[C@@H](CC2CCCCC2)NC(=O)c2ccnc3nccnc23)C1. The van der Waals surface area contributed by atoms with Gasteiger partial charge >= 0.3 is 6.09 Å². The maximum atomic E-state index is 14.9. The molecule has 1 aliphatic carbocycles. The molecule has 3 aromatic heterocycles. The number of carbonyl (C=O) groups is 6. The number of nitrogens with zero attached hydrogens (tertiary/aromatic N) is 7. The lowest BCUT2D eigenvalue weighted by Gasteiger charge is -2.32. The van der Waals surface area contributed by atoms with E-state index in [2.05, 4.69) is 41.2 Å². The molecule has 1 saturated heterocycles. The van der Waals surface area contributed by atoms with Crippen molar-refractivity contribution in [3.63, 3.8) is 0 Å². The topological polar surface area (TPSA) is 267 Å². The van der Waals surface area contributed by atoms with Gasteiger partial charge in [-0.15, -0.1) is 5.10 Å². The summed E-state index contributed by atoms with van der Waals surface area (Å²) in [5.41, 5.74) is 5.92. The summed E-state index contributed by atoms with van der Waals surface area (Å²) >= 11 is 0. The fourth-order valence-corrected chi connectivity index (χ4v) is 8.05. The van der Waals surface area contributed by atoms with Crippen molar-refractivity contribution in [3.05, 3.63) is 78.0 Å². The van der Waals surface area contributed by atoms with Crippen LogP contribution in [0.2, 0.25) is 0 Å². The Hall–Kier alpha value is -6.37. The number of nitrogens with two attached hydrogens (primary N) is 1. The van der Waals surface area contributed by atoms with Crippen LogP contribution in [0.3, 0.4) is 0 Å². The van der Waals surface area contributed by atoms with Gasteiger partial charge in [0.2, 0.25) is 17.6 Å². The number of hydrogen-bond donors (Lipinski definition) is 5. The Bertz CT molecular complexity index is 2180. The van der Waals surface area contributed by atoms with Crippen LogP contribution in [0.5, 0.6) is 0 Å². The molecule has 6 rings (SSSR count). The highest BCUT2D eigenvalue weighted by molar-refractivity contribution is 6.37. The Labute approximate surface area is 352 Å². The smallest absolute Gasteiger partial charge is 0.407 e. The van der Waals surface area contributed by atoms with Gasteiger partial charge in [0, 0.05) is 38.1 Å². The fraction of sp³-hybridized carbons (Fsp3) is 0.500. The van der Waals surface area contributed by atoms with Gasteiger partial charge in [0.15, 0.2) is 5.65 Å². The zero-order valence-electron chi connectivity index (χ0n) is 34.4. The number of alkyl carbamates (subject to hydrolysis) is 1. The number of primary amides is 1. The monoisotopic (exact) mass is 839 g/mol. The molecule has 6 N–H and O–H groups in total. The summed E-state index contributed by atoms with van der Waals surface area (Å²) in [7, 11) is 0. The van der Waals surface area contributed by atoms with Gasteiger partial charge in [-0.05, 0) is 57.1 Å². The van der Waals surface area contributed by atoms with Gasteiger partial charge in [0.25, 0.3) is 11.8 Å². The van der Waals surface area contributed by atoms with Gasteiger partial charge in [-0.25, -0.2) is 19.4 Å². The number of benzene rings is 1. The third-order valence-corrected chi connectivity index (χ3v) is 11.2. The molecule has 4 heterocycles. The van der Waals surface area contributed by atoms with Crippen LogP contribution in [0.4, 0.5) is 4.79 Å². The molecule has 19 heteroatoms. The van der Waals surface area contributed by atoms with Gasteiger partial charge in [0.05, 0.1) is 29.5 Å². The van der Waals surface area contributed by atoms with E-state index in [1.54, 1.807) is 13.8 Å². The van der Waals surface area contributed by atoms with Gasteiger partial charge in [-0.3, -0.25) is 29.0 Å². The Balaban J connectivity index is 1.20. The van der Waals surface area contributed by atoms with Crippen LogP contribution in [0.25, 0.3) is 11.2 Å². The van der Waals surface area contributed by atoms with Gasteiger partial charge in [-0.1, -0.05) is 67.6 Å². The normalized spacial score (nSPS) is 17.9. The molecular weight excluding hydrogens is 787 g/mol. The minimum Gasteiger partial charge on any atom is -0.445 e. The van der Waals surface area contributed by atoms with Gasteiger partial charge < -0.3 is 36.4 Å². The lowest BCUT2D eigenvalue weighted by atomic mass is 9.84. The molecule has 4 atom stereocenters. The first kappa shape index (κ1) is 44.2. The number of ether oxygens (including phenoxy) is 1. The molecule has 61 heavy (non-hydrogen) atoms. The highest BCUT2D eigenvalue weighted by atomic mass is 16.5. The van der Waals surface area contributed by atoms with Crippen LogP contribution in [0.15, 0.2) is 61.2 Å². The summed E-state index contributed by atoms with van der Waals surface area (Å²) < 4.78 is 6.72. The highest BCUT2D eigenvalue weighted by Gasteiger charge is 2.45. The molecule has 2 aliphatic rings. The minimum absolute atomic E-state index is 0.00514. The number of likely N-dealkylation sites (tertiary alicyclic amines) is 1. The van der Waals surface area contributed by atoms with Crippen molar-refractivity contribution in [1.82, 2.24) is 50.8 Å². The lowest BCUT2D eigenvalue weighted by Crippen LogP contribution is -2.56. The number of aliphatic hydroxyl groups is 1. The predicted octanol–water partition coefficient (Wildman–Crippen LogP) is 2.39. The molecular formula is C42H53N11O8. The molecule has 1 saturated carbocycles. The fourth-order valence-electron chi connectivity index (χ4n) is 8.05. The van der Waals surface area contributed by atoms with Crippen LogP contribution >= 0.6 is 0 Å². The Kier molecular flexibility index (Phi) is 14.7. The minimum atomic E-state index is -1.38. The van der Waals surface area contributed by atoms with Crippen molar-refractivity contribution in [1.29, 1.82) is 0 Å². The van der Waals surface area contributed by atoms with Crippen LogP contribution < -0.4 is 21.7 Å². The quantitative estimate of drug-likeness (QED) is 0.0713. The van der Waals surface area contributed by atoms with E-state index in [1.807, 2.05) is 30.3 Å². The van der Waals surface area contributed by atoms with E-state index >= 15 is 0 Å². The number of fused-ring (bicyclic) bond motifs is 1. The number of pyridine rings is 1. The van der Waals surface area contributed by atoms with E-state index in [0.717, 1.165) is 37.7 Å². The van der Waals surface area contributed by atoms with Crippen molar-refractivity contribution < 1.29 is 38.6 Å². The molecule has 5 amide bonds. The second-order valence-electron chi connectivity index (χ2n) is 16.1. The average Bonchev–Trinajstić information content (AvgIpc) is 3.94. The highest BCUT2D eigenvalue weighted by Crippen LogP contribution is 2.34. The number of hydrogen-bond acceptors (Lipinski definition) is 13. The van der Waals surface area contributed by atoms with Crippen LogP contribution in [-0.4, -0.2) is 107 Å². The Morgan fingerprint density at radius 1 is 0.934 bits per heavy atom. The first-order valence-corrected chi connectivity index (χ1v) is 20.7. The molecule has 0 bridgehead atoms. The van der Waals surface area contributed by atoms with E-state index < -0.39 is 65.3 Å². The van der Waals surface area contributed by atoms with Crippen molar-refractivity contribution >= 4 is 46.7 Å². The van der Waals surface area contributed by atoms with Crippen molar-refractivity contribution in [2.75, 3.05) is 13.1 Å². The second kappa shape index (κ2) is 20.3. The molecule has 0 radical (unpaired) electrons. The predicted molar refractivity (Wildman–Crippen MR) is 219 cm³/mol. The molecule has 19 nitrogen and oxygen atoms in total. The van der Waals surface area contributed by atoms with Crippen LogP contribution in [0, 0.1) is 5.92 Å². The van der Waals surface area contributed by atoms with Crippen LogP contribution in [-0.2, 0) is 36.1 Å². The zero-order chi connectivity index (χ0) is 43.5. The number of ketones is 1. The lowest BCUT2D eigenvalue weighted by molar-refractivity contribution is -0.142. The summed E-state index contributed by atoms with van der Waals surface area (Å²) in [6.07, 6.45) is 10.9. The molecule has 1 aromatic carbocycles. The summed E-state index contributed by atoms with van der Waals surface area (Å²) in [6.45, 7) is 3.37. The van der Waals surface area contributed by atoms with E-state index in [9.17, 15) is 33.9 Å². The number of amides is 5. The van der Waals surface area contributed by atoms with E-state index in [4.69, 9.17) is 10.5 Å². The van der Waals surface area contributed by atoms with E-state index in [0.29, 0.717) is 25.0 Å². The van der Waals surface area contributed by atoms with Gasteiger partial charge in [-0.2, -0.15) is 0 Å². The second-order valence-corrected chi connectivity index (χ2v) is 16.1. The number of nitrogens with one attached hydrogen (secondary N) is 3. The molecule has 0 spiro atoms. The number of rotatable bonds is 18. The summed E-state index contributed by atoms with van der Waals surface area (Å²) in [5.74, 6) is -3.96. The zero-order valence-corrected chi connectivity index (χ0v) is 34.4. The van der Waals surface area contributed by atoms with Crippen molar-refractivity contribution in [2.24, 2.45) is 11.7 Å². The maximum Gasteiger partial charge on any atom is 0.407 e. The summed E-state index contributed by atoms with van der Waals surface area (Å²) in [6, 6.07) is 6.45. The number of aromatic nitrogens is 6. The number of Topliss-reactive ketones (excluding diaryl/α,β-unsaturated/α-hetero) is 1. The van der Waals surface area contributed by atoms with Crippen molar-refractivity contribution in [3.8, 4) is 0 Å². The number of carbonyl (C=O) groups excluding carboxylic acids is 6. The molecule has 1 aliphatic heterocycles. The molecule has 1 unspecified atom stereocenters. The number of unbranched alkanes of at least 4 members (excludes halogenated alkanes) is 1. The third-order valence-electron chi connectivity index (χ3n) is 11.2. The first-order chi connectivity index (χ1) is 29.3. The maximum absolute atomic E-state index is 14.9. The van der Waals surface area contributed by atoms with E-state index in [1.165, 1.54) is 40.4 Å². The Morgan fingerprint density at radius 3 is 2.41 bits per heavy atom. The van der Waals surface area contributed by atoms with E-state index in [-0.39, 0.29) is 55.2 Å². The summed E-state index contributed by atoms with van der Waals surface area (Å²) in [5, 5.41) is 27.4. The van der Waals surface area contributed by atoms with Crippen molar-refractivity contribution in [2.45, 2.75) is 114 Å². The van der Waals surface area contributed by atoms with Gasteiger partial charge in [0.1, 0.15) is 29.8 Å². The third kappa shape index (κ3) is 11.5.